The lowest BCUT2D eigenvalue weighted by Gasteiger charge is -2.13. The van der Waals surface area contributed by atoms with Gasteiger partial charge in [-0.3, -0.25) is 9.69 Å². The van der Waals surface area contributed by atoms with Crippen LogP contribution >= 0.6 is 0 Å². The third-order valence-corrected chi connectivity index (χ3v) is 4.47. The lowest BCUT2D eigenvalue weighted by atomic mass is 10.1. The molecule has 0 aliphatic carbocycles. The zero-order chi connectivity index (χ0) is 19.9. The quantitative estimate of drug-likeness (QED) is 0.480. The average molecular weight is 379 g/mol. The number of allylic oxidation sites excluding steroid dienone is 1. The van der Waals surface area contributed by atoms with E-state index in [0.29, 0.717) is 36.9 Å². The summed E-state index contributed by atoms with van der Waals surface area (Å²) in [5, 5.41) is 0. The first kappa shape index (κ1) is 19.7. The van der Waals surface area contributed by atoms with Gasteiger partial charge in [0.25, 0.3) is 0 Å². The normalized spacial score (nSPS) is 14.0. The van der Waals surface area contributed by atoms with Gasteiger partial charge in [-0.1, -0.05) is 44.2 Å². The Bertz CT molecular complexity index is 855. The summed E-state index contributed by atoms with van der Waals surface area (Å²) in [6, 6.07) is 14.7. The van der Waals surface area contributed by atoms with Crippen LogP contribution in [0.4, 0.5) is 10.5 Å². The smallest absolute Gasteiger partial charge is 0.414 e. The number of carbonyl (C=O) groups is 2. The second-order valence-electron chi connectivity index (χ2n) is 7.11. The van der Waals surface area contributed by atoms with Crippen LogP contribution in [0.3, 0.4) is 0 Å². The zero-order valence-electron chi connectivity index (χ0n) is 16.3. The Hall–Kier alpha value is -3.08. The Balaban J connectivity index is 1.61. The van der Waals surface area contributed by atoms with Crippen molar-refractivity contribution in [3.05, 3.63) is 65.7 Å². The molecule has 0 saturated carbocycles. The summed E-state index contributed by atoms with van der Waals surface area (Å²) in [5.41, 5.74) is 2.12. The fourth-order valence-electron chi connectivity index (χ4n) is 2.81. The van der Waals surface area contributed by atoms with Gasteiger partial charge in [0.05, 0.1) is 13.2 Å². The molecular formula is C23H25NO4. The molecule has 1 aliphatic rings. The predicted octanol–water partition coefficient (Wildman–Crippen LogP) is 4.96. The van der Waals surface area contributed by atoms with Crippen LogP contribution < -0.4 is 9.64 Å². The topological polar surface area (TPSA) is 55.8 Å². The summed E-state index contributed by atoms with van der Waals surface area (Å²) in [7, 11) is 0. The first-order valence-corrected chi connectivity index (χ1v) is 9.52. The lowest BCUT2D eigenvalue weighted by Crippen LogP contribution is -2.23. The fraction of sp³-hybridized carbons (Fsp3) is 0.304. The molecule has 0 N–H and O–H groups in total. The molecule has 28 heavy (non-hydrogen) atoms. The maximum absolute atomic E-state index is 12.5. The first-order chi connectivity index (χ1) is 13.5. The number of nitrogens with zero attached hydrogens (tertiary/aromatic N) is 1. The number of carbonyl (C=O) groups excluding carboxylic acids is 2. The van der Waals surface area contributed by atoms with Crippen molar-refractivity contribution in [2.75, 3.05) is 24.7 Å². The molecule has 0 atom stereocenters. The fourth-order valence-corrected chi connectivity index (χ4v) is 2.81. The van der Waals surface area contributed by atoms with E-state index in [0.717, 1.165) is 17.7 Å². The van der Waals surface area contributed by atoms with Gasteiger partial charge in [-0.15, -0.1) is 0 Å². The van der Waals surface area contributed by atoms with E-state index in [9.17, 15) is 9.59 Å². The van der Waals surface area contributed by atoms with E-state index in [4.69, 9.17) is 9.47 Å². The average Bonchev–Trinajstić information content (AvgIpc) is 3.13. The van der Waals surface area contributed by atoms with Crippen LogP contribution in [0.15, 0.2) is 54.6 Å². The predicted molar refractivity (Wildman–Crippen MR) is 110 cm³/mol. The number of ketones is 1. The Morgan fingerprint density at radius 2 is 2.00 bits per heavy atom. The van der Waals surface area contributed by atoms with Crippen LogP contribution in [0.1, 0.15) is 36.2 Å². The Morgan fingerprint density at radius 3 is 2.68 bits per heavy atom. The molecule has 0 unspecified atom stereocenters. The van der Waals surface area contributed by atoms with Crippen molar-refractivity contribution in [1.82, 2.24) is 0 Å². The summed E-state index contributed by atoms with van der Waals surface area (Å²) in [6.07, 6.45) is 3.95. The van der Waals surface area contributed by atoms with Crippen molar-refractivity contribution >= 4 is 23.6 Å². The van der Waals surface area contributed by atoms with Gasteiger partial charge in [-0.05, 0) is 48.2 Å². The maximum Gasteiger partial charge on any atom is 0.414 e. The zero-order valence-corrected chi connectivity index (χ0v) is 16.3. The highest BCUT2D eigenvalue weighted by Crippen LogP contribution is 2.21. The van der Waals surface area contributed by atoms with Crippen LogP contribution in [0.25, 0.3) is 6.08 Å². The summed E-state index contributed by atoms with van der Waals surface area (Å²) in [4.78, 5) is 25.7. The summed E-state index contributed by atoms with van der Waals surface area (Å²) in [5.74, 6) is 1.32. The third-order valence-electron chi connectivity index (χ3n) is 4.47. The number of hydrogen-bond acceptors (Lipinski definition) is 4. The van der Waals surface area contributed by atoms with Gasteiger partial charge in [0.2, 0.25) is 0 Å². The minimum absolute atomic E-state index is 0.119. The molecule has 1 fully saturated rings. The molecule has 0 bridgehead atoms. The lowest BCUT2D eigenvalue weighted by molar-refractivity contribution is 0.104. The Kier molecular flexibility index (Phi) is 6.48. The van der Waals surface area contributed by atoms with E-state index in [1.54, 1.807) is 30.3 Å². The highest BCUT2D eigenvalue weighted by molar-refractivity contribution is 6.07. The van der Waals surface area contributed by atoms with Crippen LogP contribution in [0.5, 0.6) is 5.75 Å². The highest BCUT2D eigenvalue weighted by Gasteiger charge is 2.23. The summed E-state index contributed by atoms with van der Waals surface area (Å²) < 4.78 is 10.7. The number of hydrogen-bond donors (Lipinski definition) is 0. The van der Waals surface area contributed by atoms with Crippen LogP contribution in [-0.4, -0.2) is 31.6 Å². The van der Waals surface area contributed by atoms with E-state index in [1.165, 1.54) is 11.0 Å². The van der Waals surface area contributed by atoms with Crippen molar-refractivity contribution in [2.45, 2.75) is 20.3 Å². The van der Waals surface area contributed by atoms with Crippen LogP contribution in [0, 0.1) is 5.92 Å². The number of ether oxygens (including phenoxy) is 2. The van der Waals surface area contributed by atoms with Crippen molar-refractivity contribution < 1.29 is 19.1 Å². The highest BCUT2D eigenvalue weighted by atomic mass is 16.6. The molecule has 3 rings (SSSR count). The van der Waals surface area contributed by atoms with Gasteiger partial charge in [0.15, 0.2) is 5.78 Å². The SMILES string of the molecule is CC(C)CCOc1ccc(C=CC(=O)c2cccc(N3CCOC3=O)c2)cc1. The number of rotatable bonds is 8. The van der Waals surface area contributed by atoms with Gasteiger partial charge in [-0.2, -0.15) is 0 Å². The molecule has 1 saturated heterocycles. The van der Waals surface area contributed by atoms with E-state index in [1.807, 2.05) is 24.3 Å². The van der Waals surface area contributed by atoms with Crippen LogP contribution in [-0.2, 0) is 4.74 Å². The molecule has 2 aromatic rings. The molecule has 1 aliphatic heterocycles. The molecular weight excluding hydrogens is 354 g/mol. The molecule has 2 aromatic carbocycles. The van der Waals surface area contributed by atoms with E-state index in [-0.39, 0.29) is 11.9 Å². The van der Waals surface area contributed by atoms with Crippen molar-refractivity contribution in [3.63, 3.8) is 0 Å². The van der Waals surface area contributed by atoms with Gasteiger partial charge in [-0.25, -0.2) is 4.79 Å². The van der Waals surface area contributed by atoms with E-state index < -0.39 is 0 Å². The van der Waals surface area contributed by atoms with Gasteiger partial charge in [0.1, 0.15) is 12.4 Å². The molecule has 146 valence electrons. The number of benzene rings is 2. The minimum Gasteiger partial charge on any atom is -0.494 e. The Morgan fingerprint density at radius 1 is 1.21 bits per heavy atom. The standard InChI is InChI=1S/C23H25NO4/c1-17(2)12-14-27-21-9-6-18(7-10-21)8-11-22(25)19-4-3-5-20(16-19)24-13-15-28-23(24)26/h3-11,16-17H,12-15H2,1-2H3. The Labute approximate surface area is 165 Å². The number of anilines is 1. The van der Waals surface area contributed by atoms with Crippen molar-refractivity contribution in [2.24, 2.45) is 5.92 Å². The maximum atomic E-state index is 12.5. The first-order valence-electron chi connectivity index (χ1n) is 9.52. The molecule has 1 amide bonds. The molecule has 5 heteroatoms. The molecule has 0 aromatic heterocycles. The van der Waals surface area contributed by atoms with Crippen molar-refractivity contribution in [3.8, 4) is 5.75 Å². The minimum atomic E-state index is -0.379. The van der Waals surface area contributed by atoms with Gasteiger partial charge >= 0.3 is 6.09 Å². The van der Waals surface area contributed by atoms with Crippen molar-refractivity contribution in [1.29, 1.82) is 0 Å². The third kappa shape index (κ3) is 5.22. The largest absolute Gasteiger partial charge is 0.494 e. The second kappa shape index (κ2) is 9.22. The molecule has 0 spiro atoms. The summed E-state index contributed by atoms with van der Waals surface area (Å²) in [6.45, 7) is 5.90. The number of cyclic esters (lactones) is 1. The van der Waals surface area contributed by atoms with Gasteiger partial charge in [0, 0.05) is 11.3 Å². The van der Waals surface area contributed by atoms with E-state index in [2.05, 4.69) is 13.8 Å². The van der Waals surface area contributed by atoms with Gasteiger partial charge < -0.3 is 9.47 Å². The van der Waals surface area contributed by atoms with Crippen LogP contribution in [0.2, 0.25) is 0 Å². The molecule has 1 heterocycles. The van der Waals surface area contributed by atoms with E-state index >= 15 is 0 Å². The number of amides is 1. The molecule has 5 nitrogen and oxygen atoms in total. The summed E-state index contributed by atoms with van der Waals surface area (Å²) >= 11 is 0. The molecule has 0 radical (unpaired) electrons. The second-order valence-corrected chi connectivity index (χ2v) is 7.11. The monoisotopic (exact) mass is 379 g/mol.